The Morgan fingerprint density at radius 3 is 2.68 bits per heavy atom. The molecule has 0 radical (unpaired) electrons. The molecule has 2 aromatic rings. The van der Waals surface area contributed by atoms with E-state index >= 15 is 0 Å². The molecule has 0 aliphatic heterocycles. The Kier molecular flexibility index (Phi) is 5.22. The number of aliphatic hydroxyl groups excluding tert-OH is 1. The van der Waals surface area contributed by atoms with Crippen molar-refractivity contribution in [3.63, 3.8) is 0 Å². The summed E-state index contributed by atoms with van der Waals surface area (Å²) in [7, 11) is 0. The minimum atomic E-state index is 0.0189. The van der Waals surface area contributed by atoms with E-state index in [2.05, 4.69) is 10.2 Å². The Hall–Kier alpha value is -2.27. The van der Waals surface area contributed by atoms with Crippen molar-refractivity contribution in [2.75, 3.05) is 13.2 Å². The fourth-order valence-corrected chi connectivity index (χ4v) is 2.59. The quantitative estimate of drug-likeness (QED) is 0.656. The minimum absolute atomic E-state index is 0.0189. The second-order valence-corrected chi connectivity index (χ2v) is 5.19. The van der Waals surface area contributed by atoms with Crippen molar-refractivity contribution >= 4 is 0 Å². The van der Waals surface area contributed by atoms with E-state index in [1.165, 1.54) is 0 Å². The first kappa shape index (κ1) is 16.1. The van der Waals surface area contributed by atoms with Crippen LogP contribution < -0.4 is 4.74 Å². The lowest BCUT2D eigenvalue weighted by atomic mass is 9.93. The first-order valence-electron chi connectivity index (χ1n) is 7.18. The van der Waals surface area contributed by atoms with Crippen molar-refractivity contribution in [1.82, 2.24) is 4.98 Å². The number of benzene rings is 1. The van der Waals surface area contributed by atoms with Crippen LogP contribution in [0.1, 0.15) is 22.4 Å². The molecule has 1 N–H and O–H groups in total. The monoisotopic (exact) mass is 300 g/mol. The van der Waals surface area contributed by atoms with Crippen LogP contribution in [0.5, 0.6) is 5.88 Å². The molecule has 0 unspecified atom stereocenters. The maximum absolute atomic E-state index is 10.1. The van der Waals surface area contributed by atoms with Crippen molar-refractivity contribution in [1.29, 1.82) is 0 Å². The Balaban J connectivity index is 2.42. The molecule has 0 bridgehead atoms. The van der Waals surface area contributed by atoms with E-state index in [4.69, 9.17) is 4.74 Å². The van der Waals surface area contributed by atoms with Crippen LogP contribution in [0.25, 0.3) is 11.1 Å². The molecular formula is C17H20N2O3. The van der Waals surface area contributed by atoms with Crippen molar-refractivity contribution in [3.05, 3.63) is 51.6 Å². The van der Waals surface area contributed by atoms with Crippen molar-refractivity contribution in [2.24, 2.45) is 5.18 Å². The molecule has 1 aromatic heterocycles. The SMILES string of the molecule is Cc1cc(OCCN=O)nc(C)c1-c1cccc(CO)c1C. The molecule has 0 atom stereocenters. The highest BCUT2D eigenvalue weighted by atomic mass is 16.5. The number of nitroso groups, excluding NO2 is 1. The van der Waals surface area contributed by atoms with E-state index in [9.17, 15) is 10.0 Å². The first-order valence-corrected chi connectivity index (χ1v) is 7.18. The van der Waals surface area contributed by atoms with E-state index in [1.54, 1.807) is 0 Å². The molecule has 116 valence electrons. The normalized spacial score (nSPS) is 10.5. The maximum Gasteiger partial charge on any atom is 0.213 e. The summed E-state index contributed by atoms with van der Waals surface area (Å²) in [5, 5.41) is 12.2. The summed E-state index contributed by atoms with van der Waals surface area (Å²) in [6, 6.07) is 7.74. The summed E-state index contributed by atoms with van der Waals surface area (Å²) in [4.78, 5) is 14.5. The zero-order valence-electron chi connectivity index (χ0n) is 13.1. The van der Waals surface area contributed by atoms with Gasteiger partial charge in [0.15, 0.2) is 0 Å². The second-order valence-electron chi connectivity index (χ2n) is 5.19. The molecule has 0 spiro atoms. The van der Waals surface area contributed by atoms with E-state index in [0.29, 0.717) is 5.88 Å². The van der Waals surface area contributed by atoms with Gasteiger partial charge in [0.05, 0.1) is 6.61 Å². The van der Waals surface area contributed by atoms with Crippen LogP contribution >= 0.6 is 0 Å². The highest BCUT2D eigenvalue weighted by Gasteiger charge is 2.13. The zero-order chi connectivity index (χ0) is 16.1. The van der Waals surface area contributed by atoms with Gasteiger partial charge in [0, 0.05) is 17.3 Å². The summed E-state index contributed by atoms with van der Waals surface area (Å²) in [5.74, 6) is 0.498. The Bertz CT molecular complexity index is 661. The number of aryl methyl sites for hydroxylation is 2. The third kappa shape index (κ3) is 3.31. The third-order valence-electron chi connectivity index (χ3n) is 3.69. The standard InChI is InChI=1S/C17H20N2O3/c1-11-9-16(22-8-7-18-21)19-13(3)17(11)15-6-4-5-14(10-20)12(15)2/h4-6,9,20H,7-8,10H2,1-3H3. The zero-order valence-corrected chi connectivity index (χ0v) is 13.1. The van der Waals surface area contributed by atoms with E-state index in [0.717, 1.165) is 33.5 Å². The Labute approximate surface area is 130 Å². The lowest BCUT2D eigenvalue weighted by molar-refractivity contribution is 0.281. The van der Waals surface area contributed by atoms with Crippen molar-refractivity contribution in [3.8, 4) is 17.0 Å². The van der Waals surface area contributed by atoms with Gasteiger partial charge in [-0.3, -0.25) is 0 Å². The molecule has 0 saturated heterocycles. The van der Waals surface area contributed by atoms with Crippen molar-refractivity contribution in [2.45, 2.75) is 27.4 Å². The van der Waals surface area contributed by atoms with Gasteiger partial charge in [-0.25, -0.2) is 4.98 Å². The molecule has 0 amide bonds. The highest BCUT2D eigenvalue weighted by Crippen LogP contribution is 2.32. The number of ether oxygens (including phenoxy) is 1. The van der Waals surface area contributed by atoms with Gasteiger partial charge in [-0.05, 0) is 43.0 Å². The maximum atomic E-state index is 10.1. The van der Waals surface area contributed by atoms with E-state index in [1.807, 2.05) is 45.0 Å². The lowest BCUT2D eigenvalue weighted by Gasteiger charge is -2.16. The van der Waals surface area contributed by atoms with Crippen LogP contribution in [-0.4, -0.2) is 23.2 Å². The number of hydrogen-bond donors (Lipinski definition) is 1. The van der Waals surface area contributed by atoms with Gasteiger partial charge >= 0.3 is 0 Å². The van der Waals surface area contributed by atoms with E-state index < -0.39 is 0 Å². The summed E-state index contributed by atoms with van der Waals surface area (Å²) in [5.41, 5.74) is 5.97. The summed E-state index contributed by atoms with van der Waals surface area (Å²) in [6.07, 6.45) is 0. The van der Waals surface area contributed by atoms with Crippen LogP contribution in [0.3, 0.4) is 0 Å². The van der Waals surface area contributed by atoms with Gasteiger partial charge in [-0.15, -0.1) is 0 Å². The average Bonchev–Trinajstić information content (AvgIpc) is 2.48. The first-order chi connectivity index (χ1) is 10.6. The molecule has 1 heterocycles. The van der Waals surface area contributed by atoms with Crippen LogP contribution in [0.2, 0.25) is 0 Å². The molecule has 2 rings (SSSR count). The number of pyridine rings is 1. The topological polar surface area (TPSA) is 71.8 Å². The van der Waals surface area contributed by atoms with Crippen molar-refractivity contribution < 1.29 is 9.84 Å². The Morgan fingerprint density at radius 2 is 2.05 bits per heavy atom. The van der Waals surface area contributed by atoms with Gasteiger partial charge in [-0.2, -0.15) is 4.91 Å². The van der Waals surface area contributed by atoms with Gasteiger partial charge in [0.25, 0.3) is 0 Å². The van der Waals surface area contributed by atoms with Crippen LogP contribution in [-0.2, 0) is 6.61 Å². The van der Waals surface area contributed by atoms with Crippen LogP contribution in [0.4, 0.5) is 0 Å². The third-order valence-corrected chi connectivity index (χ3v) is 3.69. The minimum Gasteiger partial charge on any atom is -0.476 e. The molecule has 0 aliphatic carbocycles. The molecule has 0 saturated carbocycles. The van der Waals surface area contributed by atoms with Gasteiger partial charge < -0.3 is 9.84 Å². The predicted octanol–water partition coefficient (Wildman–Crippen LogP) is 3.31. The summed E-state index contributed by atoms with van der Waals surface area (Å²) >= 11 is 0. The number of hydrogen-bond acceptors (Lipinski definition) is 5. The second kappa shape index (κ2) is 7.13. The molecule has 1 aromatic carbocycles. The lowest BCUT2D eigenvalue weighted by Crippen LogP contribution is -2.04. The number of nitrogens with zero attached hydrogens (tertiary/aromatic N) is 2. The van der Waals surface area contributed by atoms with Gasteiger partial charge in [-0.1, -0.05) is 23.4 Å². The smallest absolute Gasteiger partial charge is 0.213 e. The fourth-order valence-electron chi connectivity index (χ4n) is 2.59. The fraction of sp³-hybridized carbons (Fsp3) is 0.353. The van der Waals surface area contributed by atoms with Crippen LogP contribution in [0.15, 0.2) is 29.4 Å². The number of rotatable bonds is 6. The van der Waals surface area contributed by atoms with Gasteiger partial charge in [0.2, 0.25) is 5.88 Å². The van der Waals surface area contributed by atoms with Crippen LogP contribution in [0, 0.1) is 25.7 Å². The molecule has 5 nitrogen and oxygen atoms in total. The summed E-state index contributed by atoms with van der Waals surface area (Å²) in [6.45, 7) is 6.29. The molecular weight excluding hydrogens is 280 g/mol. The Morgan fingerprint density at radius 1 is 1.27 bits per heavy atom. The summed E-state index contributed by atoms with van der Waals surface area (Å²) < 4.78 is 5.43. The number of aromatic nitrogens is 1. The molecule has 5 heteroatoms. The van der Waals surface area contributed by atoms with Gasteiger partial charge in [0.1, 0.15) is 13.2 Å². The number of aliphatic hydroxyl groups is 1. The van der Waals surface area contributed by atoms with E-state index in [-0.39, 0.29) is 19.8 Å². The molecule has 0 fully saturated rings. The molecule has 22 heavy (non-hydrogen) atoms. The largest absolute Gasteiger partial charge is 0.476 e. The average molecular weight is 300 g/mol. The predicted molar refractivity (Wildman–Crippen MR) is 86.0 cm³/mol. The molecule has 0 aliphatic rings. The highest BCUT2D eigenvalue weighted by molar-refractivity contribution is 5.73.